The molecule has 1 N–H and O–H groups in total. The summed E-state index contributed by atoms with van der Waals surface area (Å²) in [6, 6.07) is 15.9. The fourth-order valence-electron chi connectivity index (χ4n) is 3.44. The molecule has 0 amide bonds. The van der Waals surface area contributed by atoms with Crippen molar-refractivity contribution >= 4 is 24.6 Å². The number of piperidine rings is 1. The number of methoxy groups -OCH3 is 1. The molecule has 1 fully saturated rings. The zero-order valence-corrected chi connectivity index (χ0v) is 17.3. The molecule has 2 aromatic rings. The summed E-state index contributed by atoms with van der Waals surface area (Å²) in [5.41, 5.74) is 3.06. The number of carboxylic acids is 1. The average Bonchev–Trinajstić information content (AvgIpc) is 2.74. The molecule has 0 bridgehead atoms. The van der Waals surface area contributed by atoms with Gasteiger partial charge in [0.2, 0.25) is 0 Å². The number of benzene rings is 2. The van der Waals surface area contributed by atoms with Gasteiger partial charge in [0.1, 0.15) is 12.4 Å². The predicted molar refractivity (Wildman–Crippen MR) is 116 cm³/mol. The van der Waals surface area contributed by atoms with Crippen LogP contribution in [-0.2, 0) is 9.63 Å². The quantitative estimate of drug-likeness (QED) is 0.399. The number of carboxylic acid groups (broad SMARTS) is 1. The molecule has 1 saturated heterocycles. The second-order valence-electron chi connectivity index (χ2n) is 6.86. The van der Waals surface area contributed by atoms with Gasteiger partial charge in [-0.15, -0.1) is 12.4 Å². The van der Waals surface area contributed by atoms with E-state index in [9.17, 15) is 4.79 Å². The van der Waals surface area contributed by atoms with E-state index in [1.807, 2.05) is 48.5 Å². The summed E-state index contributed by atoms with van der Waals surface area (Å²) in [7, 11) is 1.65. The highest BCUT2D eigenvalue weighted by Crippen LogP contribution is 2.26. The van der Waals surface area contributed by atoms with E-state index in [1.54, 1.807) is 13.3 Å². The minimum Gasteiger partial charge on any atom is -0.497 e. The van der Waals surface area contributed by atoms with Gasteiger partial charge in [0.25, 0.3) is 0 Å². The zero-order chi connectivity index (χ0) is 19.8. The maximum atomic E-state index is 11.1. The minimum absolute atomic E-state index is 0. The SMILES string of the molecule is COc1cccc(-c2ccccc2C=NOCCN2CCCC(C(=O)O)C2)c1.Cl. The third-order valence-electron chi connectivity index (χ3n) is 4.96. The van der Waals surface area contributed by atoms with Crippen LogP contribution in [0.2, 0.25) is 0 Å². The van der Waals surface area contributed by atoms with Gasteiger partial charge < -0.3 is 14.7 Å². The van der Waals surface area contributed by atoms with Crippen LogP contribution in [0.3, 0.4) is 0 Å². The third kappa shape index (κ3) is 6.48. The Morgan fingerprint density at radius 3 is 2.90 bits per heavy atom. The van der Waals surface area contributed by atoms with Gasteiger partial charge in [-0.25, -0.2) is 0 Å². The molecule has 1 aliphatic rings. The van der Waals surface area contributed by atoms with Crippen LogP contribution in [0, 0.1) is 5.92 Å². The topological polar surface area (TPSA) is 71.4 Å². The Bertz CT molecular complexity index is 828. The van der Waals surface area contributed by atoms with Crippen LogP contribution in [-0.4, -0.2) is 55.5 Å². The van der Waals surface area contributed by atoms with Gasteiger partial charge in [-0.1, -0.05) is 41.6 Å². The standard InChI is InChI=1S/C22H26N2O4.ClH/c1-27-20-9-4-7-17(14-20)21-10-3-2-6-18(21)15-23-28-13-12-24-11-5-8-19(16-24)22(25)26;/h2-4,6-7,9-10,14-15,19H,5,8,11-13,16H2,1H3,(H,25,26);1H. The number of likely N-dealkylation sites (tertiary alicyclic amines) is 1. The molecule has 1 atom stereocenters. The zero-order valence-electron chi connectivity index (χ0n) is 16.5. The van der Waals surface area contributed by atoms with Crippen LogP contribution in [0.4, 0.5) is 0 Å². The van der Waals surface area contributed by atoms with Gasteiger partial charge in [0, 0.05) is 18.7 Å². The molecule has 7 heteroatoms. The van der Waals surface area contributed by atoms with Crippen molar-refractivity contribution in [2.75, 3.05) is 33.4 Å². The highest BCUT2D eigenvalue weighted by atomic mass is 35.5. The second kappa shape index (κ2) is 11.4. The maximum Gasteiger partial charge on any atom is 0.307 e. The molecule has 156 valence electrons. The molecule has 1 heterocycles. The van der Waals surface area contributed by atoms with Gasteiger partial charge in [-0.05, 0) is 42.6 Å². The first-order valence-corrected chi connectivity index (χ1v) is 9.51. The molecule has 29 heavy (non-hydrogen) atoms. The number of nitrogens with zero attached hydrogens (tertiary/aromatic N) is 2. The third-order valence-corrected chi connectivity index (χ3v) is 4.96. The summed E-state index contributed by atoms with van der Waals surface area (Å²) < 4.78 is 5.31. The van der Waals surface area contributed by atoms with Crippen LogP contribution in [0.25, 0.3) is 11.1 Å². The van der Waals surface area contributed by atoms with E-state index in [1.165, 1.54) is 0 Å². The number of oxime groups is 1. The van der Waals surface area contributed by atoms with E-state index < -0.39 is 5.97 Å². The Labute approximate surface area is 177 Å². The van der Waals surface area contributed by atoms with Crippen molar-refractivity contribution < 1.29 is 19.5 Å². The first-order valence-electron chi connectivity index (χ1n) is 9.51. The molecule has 2 aromatic carbocycles. The number of hydrogen-bond acceptors (Lipinski definition) is 5. The van der Waals surface area contributed by atoms with Gasteiger partial charge in [-0.2, -0.15) is 0 Å². The van der Waals surface area contributed by atoms with Crippen molar-refractivity contribution in [1.82, 2.24) is 4.90 Å². The van der Waals surface area contributed by atoms with Crippen molar-refractivity contribution in [1.29, 1.82) is 0 Å². The Hall–Kier alpha value is -2.57. The van der Waals surface area contributed by atoms with Crippen LogP contribution >= 0.6 is 12.4 Å². The second-order valence-corrected chi connectivity index (χ2v) is 6.86. The molecule has 0 saturated carbocycles. The van der Waals surface area contributed by atoms with Crippen LogP contribution in [0.15, 0.2) is 53.7 Å². The van der Waals surface area contributed by atoms with Crippen LogP contribution in [0.1, 0.15) is 18.4 Å². The number of ether oxygens (including phenoxy) is 1. The smallest absolute Gasteiger partial charge is 0.307 e. The lowest BCUT2D eigenvalue weighted by Gasteiger charge is -2.29. The average molecular weight is 419 g/mol. The normalized spacial score (nSPS) is 16.9. The van der Waals surface area contributed by atoms with Crippen molar-refractivity contribution in [3.63, 3.8) is 0 Å². The maximum absolute atomic E-state index is 11.1. The predicted octanol–water partition coefficient (Wildman–Crippen LogP) is 3.93. The highest BCUT2D eigenvalue weighted by molar-refractivity contribution is 5.90. The molecule has 0 radical (unpaired) electrons. The largest absolute Gasteiger partial charge is 0.497 e. The summed E-state index contributed by atoms with van der Waals surface area (Å²) in [6.07, 6.45) is 3.38. The van der Waals surface area contributed by atoms with Crippen LogP contribution < -0.4 is 4.74 Å². The Morgan fingerprint density at radius 1 is 1.28 bits per heavy atom. The van der Waals surface area contributed by atoms with E-state index >= 15 is 0 Å². The molecular formula is C22H27ClN2O4. The molecule has 0 spiro atoms. The van der Waals surface area contributed by atoms with Crippen LogP contribution in [0.5, 0.6) is 5.75 Å². The number of halogens is 1. The fraction of sp³-hybridized carbons (Fsp3) is 0.364. The van der Waals surface area contributed by atoms with Gasteiger partial charge in [0.15, 0.2) is 0 Å². The van der Waals surface area contributed by atoms with E-state index in [-0.39, 0.29) is 18.3 Å². The van der Waals surface area contributed by atoms with E-state index in [4.69, 9.17) is 14.7 Å². The summed E-state index contributed by atoms with van der Waals surface area (Å²) >= 11 is 0. The monoisotopic (exact) mass is 418 g/mol. The first-order chi connectivity index (χ1) is 13.7. The van der Waals surface area contributed by atoms with E-state index in [0.29, 0.717) is 19.7 Å². The number of hydrogen-bond donors (Lipinski definition) is 1. The van der Waals surface area contributed by atoms with Crippen molar-refractivity contribution in [2.45, 2.75) is 12.8 Å². The van der Waals surface area contributed by atoms with Gasteiger partial charge in [0.05, 0.1) is 19.2 Å². The Morgan fingerprint density at radius 2 is 2.10 bits per heavy atom. The lowest BCUT2D eigenvalue weighted by molar-refractivity contribution is -0.143. The number of carbonyl (C=O) groups is 1. The highest BCUT2D eigenvalue weighted by Gasteiger charge is 2.24. The van der Waals surface area contributed by atoms with Gasteiger partial charge in [-0.3, -0.25) is 9.69 Å². The fourth-order valence-corrected chi connectivity index (χ4v) is 3.44. The Kier molecular flexibility index (Phi) is 8.96. The molecule has 0 aromatic heterocycles. The lowest BCUT2D eigenvalue weighted by Crippen LogP contribution is -2.40. The van der Waals surface area contributed by atoms with Crippen molar-refractivity contribution in [3.8, 4) is 16.9 Å². The first kappa shape index (κ1) is 22.7. The Balaban J connectivity index is 0.00000300. The van der Waals surface area contributed by atoms with E-state index in [2.05, 4.69) is 10.1 Å². The number of rotatable bonds is 8. The summed E-state index contributed by atoms with van der Waals surface area (Å²) in [4.78, 5) is 18.7. The van der Waals surface area contributed by atoms with E-state index in [0.717, 1.165) is 41.8 Å². The molecule has 6 nitrogen and oxygen atoms in total. The molecule has 0 aliphatic carbocycles. The molecular weight excluding hydrogens is 392 g/mol. The summed E-state index contributed by atoms with van der Waals surface area (Å²) in [5, 5.41) is 13.3. The lowest BCUT2D eigenvalue weighted by atomic mass is 9.98. The van der Waals surface area contributed by atoms with Gasteiger partial charge >= 0.3 is 5.97 Å². The van der Waals surface area contributed by atoms with Crippen molar-refractivity contribution in [3.05, 3.63) is 54.1 Å². The minimum atomic E-state index is -0.710. The van der Waals surface area contributed by atoms with Crippen molar-refractivity contribution in [2.24, 2.45) is 11.1 Å². The number of aliphatic carboxylic acids is 1. The summed E-state index contributed by atoms with van der Waals surface area (Å²) in [5.74, 6) is -0.175. The summed E-state index contributed by atoms with van der Waals surface area (Å²) in [6.45, 7) is 2.61. The molecule has 1 aliphatic heterocycles. The molecule has 3 rings (SSSR count). The molecule has 1 unspecified atom stereocenters.